The Balaban J connectivity index is 1.51. The van der Waals surface area contributed by atoms with Crippen LogP contribution in [0.2, 0.25) is 0 Å². The predicted octanol–water partition coefficient (Wildman–Crippen LogP) is 2.74. The number of nitrogens with zero attached hydrogens (tertiary/aromatic N) is 2. The molecule has 32 heavy (non-hydrogen) atoms. The summed E-state index contributed by atoms with van der Waals surface area (Å²) in [6.45, 7) is 3.36. The highest BCUT2D eigenvalue weighted by Crippen LogP contribution is 2.25. The minimum atomic E-state index is -0.835. The molecule has 0 unspecified atom stereocenters. The van der Waals surface area contributed by atoms with Crippen LogP contribution in [0.4, 0.5) is 5.88 Å². The minimum Gasteiger partial charge on any atom is -0.484 e. The zero-order valence-electron chi connectivity index (χ0n) is 18.0. The summed E-state index contributed by atoms with van der Waals surface area (Å²) in [4.78, 5) is 34.7. The van der Waals surface area contributed by atoms with Crippen molar-refractivity contribution < 1.29 is 23.7 Å². The van der Waals surface area contributed by atoms with Crippen LogP contribution in [0, 0.1) is 16.0 Å². The Morgan fingerprint density at radius 3 is 2.66 bits per heavy atom. The molecule has 10 heteroatoms. The molecule has 3 rings (SSSR count). The third kappa shape index (κ3) is 6.16. The first-order valence-electron chi connectivity index (χ1n) is 10.4. The maximum Gasteiger partial charge on any atom is 0.433 e. The Morgan fingerprint density at radius 1 is 1.22 bits per heavy atom. The van der Waals surface area contributed by atoms with Gasteiger partial charge >= 0.3 is 5.88 Å². The van der Waals surface area contributed by atoms with E-state index >= 15 is 0 Å². The summed E-state index contributed by atoms with van der Waals surface area (Å²) in [5, 5.41) is 17.0. The quantitative estimate of drug-likeness (QED) is 0.348. The molecule has 0 bridgehead atoms. The van der Waals surface area contributed by atoms with E-state index in [1.54, 1.807) is 13.8 Å². The van der Waals surface area contributed by atoms with Crippen LogP contribution in [-0.2, 0) is 22.4 Å². The monoisotopic (exact) mass is 442 g/mol. The van der Waals surface area contributed by atoms with Gasteiger partial charge in [0.25, 0.3) is 11.8 Å². The molecule has 1 heterocycles. The first-order valence-corrected chi connectivity index (χ1v) is 10.4. The van der Waals surface area contributed by atoms with Crippen LogP contribution >= 0.6 is 0 Å². The number of nitro groups is 1. The van der Waals surface area contributed by atoms with Gasteiger partial charge in [0.05, 0.1) is 12.3 Å². The number of amides is 2. The van der Waals surface area contributed by atoms with E-state index in [1.807, 2.05) is 18.2 Å². The molecule has 1 aliphatic rings. The van der Waals surface area contributed by atoms with E-state index in [4.69, 9.17) is 9.15 Å². The molecule has 2 N–H and O–H groups in total. The van der Waals surface area contributed by atoms with Crippen LogP contribution < -0.4 is 15.5 Å². The van der Waals surface area contributed by atoms with Gasteiger partial charge in [-0.25, -0.2) is 5.43 Å². The highest BCUT2D eigenvalue weighted by molar-refractivity contribution is 5.89. The number of hydrogen-bond acceptors (Lipinski definition) is 7. The predicted molar refractivity (Wildman–Crippen MR) is 116 cm³/mol. The summed E-state index contributed by atoms with van der Waals surface area (Å²) in [5.41, 5.74) is 4.90. The number of fused-ring (bicyclic) bond motifs is 1. The maximum absolute atomic E-state index is 12.4. The second-order valence-corrected chi connectivity index (χ2v) is 7.88. The first-order chi connectivity index (χ1) is 15.3. The van der Waals surface area contributed by atoms with Crippen LogP contribution in [-0.4, -0.2) is 35.6 Å². The number of benzene rings is 1. The molecule has 0 spiro atoms. The van der Waals surface area contributed by atoms with Gasteiger partial charge in [0.2, 0.25) is 0 Å². The molecule has 2 amide bonds. The van der Waals surface area contributed by atoms with Gasteiger partial charge in [-0.05, 0) is 60.9 Å². The number of hydrazone groups is 1. The summed E-state index contributed by atoms with van der Waals surface area (Å²) in [7, 11) is 0. The standard InChI is InChI=1S/C22H26N4O6/c1-14(2)21(22(28)25-23-12-18-9-10-20(32-18)26(29)30)24-19(27)13-31-17-8-7-15-5-3-4-6-16(15)11-17/h7-12,14,21H,3-6,13H2,1-2H3,(H,24,27)(H,25,28)/t21-/m1/s1. The third-order valence-corrected chi connectivity index (χ3v) is 5.11. The van der Waals surface area contributed by atoms with Gasteiger partial charge in [0.15, 0.2) is 12.4 Å². The number of carbonyl (C=O) groups is 2. The van der Waals surface area contributed by atoms with Gasteiger partial charge in [-0.2, -0.15) is 5.10 Å². The van der Waals surface area contributed by atoms with Crippen LogP contribution in [0.1, 0.15) is 43.6 Å². The van der Waals surface area contributed by atoms with E-state index in [9.17, 15) is 19.7 Å². The van der Waals surface area contributed by atoms with Gasteiger partial charge < -0.3 is 14.5 Å². The number of furan rings is 1. The lowest BCUT2D eigenvalue weighted by molar-refractivity contribution is -0.402. The Hall–Kier alpha value is -3.69. The molecule has 0 fully saturated rings. The van der Waals surface area contributed by atoms with Crippen molar-refractivity contribution in [3.63, 3.8) is 0 Å². The van der Waals surface area contributed by atoms with E-state index in [1.165, 1.54) is 29.7 Å². The molecule has 1 aromatic heterocycles. The molecular weight excluding hydrogens is 416 g/mol. The smallest absolute Gasteiger partial charge is 0.433 e. The van der Waals surface area contributed by atoms with Crippen LogP contribution in [0.3, 0.4) is 0 Å². The molecule has 0 saturated carbocycles. The van der Waals surface area contributed by atoms with Crippen molar-refractivity contribution in [3.05, 3.63) is 57.3 Å². The van der Waals surface area contributed by atoms with Crippen molar-refractivity contribution in [1.29, 1.82) is 0 Å². The second kappa shape index (κ2) is 10.6. The zero-order chi connectivity index (χ0) is 23.1. The number of hydrogen-bond donors (Lipinski definition) is 2. The van der Waals surface area contributed by atoms with Crippen molar-refractivity contribution in [2.45, 2.75) is 45.6 Å². The van der Waals surface area contributed by atoms with Crippen molar-refractivity contribution in [2.24, 2.45) is 11.0 Å². The lowest BCUT2D eigenvalue weighted by atomic mass is 9.92. The Kier molecular flexibility index (Phi) is 7.58. The number of nitrogens with one attached hydrogen (secondary N) is 2. The van der Waals surface area contributed by atoms with Gasteiger partial charge in [-0.1, -0.05) is 19.9 Å². The number of aryl methyl sites for hydroxylation is 2. The molecule has 2 aromatic rings. The van der Waals surface area contributed by atoms with Crippen LogP contribution in [0.25, 0.3) is 0 Å². The number of carbonyl (C=O) groups excluding carboxylic acids is 2. The molecule has 0 radical (unpaired) electrons. The average Bonchev–Trinajstić information content (AvgIpc) is 3.25. The summed E-state index contributed by atoms with van der Waals surface area (Å²) in [5.74, 6) is -0.850. The highest BCUT2D eigenvalue weighted by atomic mass is 16.6. The van der Waals surface area contributed by atoms with Crippen molar-refractivity contribution >= 4 is 23.9 Å². The highest BCUT2D eigenvalue weighted by Gasteiger charge is 2.24. The molecule has 10 nitrogen and oxygen atoms in total. The van der Waals surface area contributed by atoms with Crippen molar-refractivity contribution in [1.82, 2.24) is 10.7 Å². The lowest BCUT2D eigenvalue weighted by Gasteiger charge is -2.21. The van der Waals surface area contributed by atoms with Crippen molar-refractivity contribution in [3.8, 4) is 5.75 Å². The van der Waals surface area contributed by atoms with Crippen LogP contribution in [0.5, 0.6) is 5.75 Å². The van der Waals surface area contributed by atoms with Gasteiger partial charge in [-0.15, -0.1) is 0 Å². The summed E-state index contributed by atoms with van der Waals surface area (Å²) >= 11 is 0. The number of rotatable bonds is 9. The Labute approximate surface area is 185 Å². The summed E-state index contributed by atoms with van der Waals surface area (Å²) < 4.78 is 10.5. The molecule has 170 valence electrons. The first kappa shape index (κ1) is 23.0. The second-order valence-electron chi connectivity index (χ2n) is 7.88. The largest absolute Gasteiger partial charge is 0.484 e. The Bertz CT molecular complexity index is 1010. The number of ether oxygens (including phenoxy) is 1. The fourth-order valence-corrected chi connectivity index (χ4v) is 3.44. The van der Waals surface area contributed by atoms with Crippen LogP contribution in [0.15, 0.2) is 39.9 Å². The van der Waals surface area contributed by atoms with Gasteiger partial charge in [-0.3, -0.25) is 19.7 Å². The average molecular weight is 442 g/mol. The third-order valence-electron chi connectivity index (χ3n) is 5.11. The summed E-state index contributed by atoms with van der Waals surface area (Å²) in [6, 6.07) is 7.58. The fraction of sp³-hybridized carbons (Fsp3) is 0.409. The molecule has 0 saturated heterocycles. The molecule has 1 aromatic carbocycles. The topological polar surface area (TPSA) is 136 Å². The van der Waals surface area contributed by atoms with Gasteiger partial charge in [0, 0.05) is 0 Å². The maximum atomic E-state index is 12.4. The molecule has 1 aliphatic carbocycles. The molecule has 1 atom stereocenters. The minimum absolute atomic E-state index is 0.112. The fourth-order valence-electron chi connectivity index (χ4n) is 3.44. The summed E-state index contributed by atoms with van der Waals surface area (Å²) in [6.07, 6.45) is 5.57. The van der Waals surface area contributed by atoms with E-state index < -0.39 is 28.7 Å². The zero-order valence-corrected chi connectivity index (χ0v) is 18.0. The van der Waals surface area contributed by atoms with E-state index in [0.29, 0.717) is 5.75 Å². The molecule has 0 aliphatic heterocycles. The van der Waals surface area contributed by atoms with Crippen molar-refractivity contribution in [2.75, 3.05) is 6.61 Å². The lowest BCUT2D eigenvalue weighted by Crippen LogP contribution is -2.49. The van der Waals surface area contributed by atoms with E-state index in [-0.39, 0.29) is 18.3 Å². The molecular formula is C22H26N4O6. The van der Waals surface area contributed by atoms with Gasteiger partial charge in [0.1, 0.15) is 16.7 Å². The Morgan fingerprint density at radius 2 is 1.97 bits per heavy atom. The SMILES string of the molecule is CC(C)[C@@H](NC(=O)COc1ccc2c(c1)CCCC2)C(=O)NN=Cc1ccc([N+](=O)[O-])o1. The normalized spacial score (nSPS) is 14.1. The van der Waals surface area contributed by atoms with E-state index in [0.717, 1.165) is 25.5 Å². The van der Waals surface area contributed by atoms with E-state index in [2.05, 4.69) is 15.8 Å².